The molecule has 2 aliphatic rings. The van der Waals surface area contributed by atoms with Gasteiger partial charge >= 0.3 is 6.09 Å². The summed E-state index contributed by atoms with van der Waals surface area (Å²) in [4.78, 5) is 46.0. The third-order valence-electron chi connectivity index (χ3n) is 6.83. The molecule has 40 heavy (non-hydrogen) atoms. The molecule has 0 unspecified atom stereocenters. The maximum Gasteiger partial charge on any atom is 0.410 e. The van der Waals surface area contributed by atoms with E-state index in [1.807, 2.05) is 63.2 Å². The maximum absolute atomic E-state index is 13.5. The van der Waals surface area contributed by atoms with Crippen molar-refractivity contribution >= 4 is 29.3 Å². The van der Waals surface area contributed by atoms with E-state index >= 15 is 0 Å². The Kier molecular flexibility index (Phi) is 7.73. The molecule has 1 aromatic heterocycles. The number of likely N-dealkylation sites (tertiary alicyclic amines) is 1. The third kappa shape index (κ3) is 6.42. The van der Waals surface area contributed by atoms with E-state index in [9.17, 15) is 14.4 Å². The van der Waals surface area contributed by atoms with Crippen LogP contribution in [0, 0.1) is 0 Å². The summed E-state index contributed by atoms with van der Waals surface area (Å²) < 4.78 is 11.7. The molecule has 9 heteroatoms. The van der Waals surface area contributed by atoms with Crippen LogP contribution >= 0.6 is 0 Å². The second-order valence-corrected chi connectivity index (χ2v) is 11.1. The Morgan fingerprint density at radius 3 is 2.55 bits per heavy atom. The molecule has 2 aliphatic heterocycles. The van der Waals surface area contributed by atoms with Gasteiger partial charge in [-0.05, 0) is 56.2 Å². The molecule has 1 fully saturated rings. The number of benzene rings is 2. The lowest BCUT2D eigenvalue weighted by Gasteiger charge is -2.33. The summed E-state index contributed by atoms with van der Waals surface area (Å²) in [5.41, 5.74) is 2.85. The molecule has 3 heterocycles. The van der Waals surface area contributed by atoms with Gasteiger partial charge in [0, 0.05) is 50.1 Å². The molecule has 0 aliphatic carbocycles. The van der Waals surface area contributed by atoms with Gasteiger partial charge in [-0.15, -0.1) is 0 Å². The topological polar surface area (TPSA) is 101 Å². The molecule has 0 bridgehead atoms. The molecular formula is C31H34N4O5. The Hall–Kier alpha value is -4.40. The standard InChI is InChI=1S/C31H34N4O5/c1-31(2,3)40-30(38)34-15-12-24(13-16-34)39-25-10-5-9-23(18-25)35-20-22-8-4-11-26(28(22)29(35)37)33-27(36)17-21-7-6-14-32-19-21/h4-11,14,18-19,24H,12-13,15-17,20H2,1-3H3,(H,33,36). The average molecular weight is 543 g/mol. The van der Waals surface area contributed by atoms with Crippen molar-refractivity contribution in [2.45, 2.75) is 58.3 Å². The van der Waals surface area contributed by atoms with Gasteiger partial charge in [0.05, 0.1) is 24.2 Å². The Bertz CT molecular complexity index is 1390. The molecule has 5 rings (SSSR count). The largest absolute Gasteiger partial charge is 0.490 e. The van der Waals surface area contributed by atoms with Crippen LogP contribution in [0.15, 0.2) is 67.0 Å². The molecule has 2 aromatic carbocycles. The first-order chi connectivity index (χ1) is 19.2. The molecule has 9 nitrogen and oxygen atoms in total. The second-order valence-electron chi connectivity index (χ2n) is 11.1. The maximum atomic E-state index is 13.5. The minimum Gasteiger partial charge on any atom is -0.490 e. The molecule has 1 N–H and O–H groups in total. The van der Waals surface area contributed by atoms with Gasteiger partial charge in [-0.1, -0.05) is 24.3 Å². The lowest BCUT2D eigenvalue weighted by molar-refractivity contribution is -0.115. The summed E-state index contributed by atoms with van der Waals surface area (Å²) in [6.07, 6.45) is 4.54. The zero-order valence-corrected chi connectivity index (χ0v) is 23.1. The third-order valence-corrected chi connectivity index (χ3v) is 6.83. The number of aromatic nitrogens is 1. The Balaban J connectivity index is 1.22. The monoisotopic (exact) mass is 542 g/mol. The van der Waals surface area contributed by atoms with Crippen molar-refractivity contribution in [2.75, 3.05) is 23.3 Å². The Morgan fingerprint density at radius 1 is 1.05 bits per heavy atom. The number of carbonyl (C=O) groups is 3. The van der Waals surface area contributed by atoms with Gasteiger partial charge in [-0.2, -0.15) is 0 Å². The highest BCUT2D eigenvalue weighted by Gasteiger charge is 2.32. The first kappa shape index (κ1) is 27.2. The number of hydrogen-bond donors (Lipinski definition) is 1. The first-order valence-corrected chi connectivity index (χ1v) is 13.5. The molecule has 0 atom stereocenters. The zero-order valence-electron chi connectivity index (χ0n) is 23.1. The van der Waals surface area contributed by atoms with Crippen molar-refractivity contribution in [1.29, 1.82) is 0 Å². The zero-order chi connectivity index (χ0) is 28.3. The number of piperidine rings is 1. The summed E-state index contributed by atoms with van der Waals surface area (Å²) in [5, 5.41) is 2.91. The van der Waals surface area contributed by atoms with Crippen LogP contribution in [-0.2, 0) is 22.5 Å². The first-order valence-electron chi connectivity index (χ1n) is 13.5. The molecule has 1 saturated heterocycles. The number of nitrogens with zero attached hydrogens (tertiary/aromatic N) is 3. The molecule has 0 spiro atoms. The molecule has 0 radical (unpaired) electrons. The minimum absolute atomic E-state index is 0.0398. The number of rotatable bonds is 6. The number of fused-ring (bicyclic) bond motifs is 1. The van der Waals surface area contributed by atoms with Crippen molar-refractivity contribution in [3.63, 3.8) is 0 Å². The van der Waals surface area contributed by atoms with Gasteiger partial charge in [-0.3, -0.25) is 14.6 Å². The van der Waals surface area contributed by atoms with E-state index in [0.717, 1.165) is 16.8 Å². The minimum atomic E-state index is -0.524. The lowest BCUT2D eigenvalue weighted by Crippen LogP contribution is -2.44. The molecule has 3 amide bonds. The van der Waals surface area contributed by atoms with E-state index in [1.54, 1.807) is 34.3 Å². The van der Waals surface area contributed by atoms with E-state index < -0.39 is 5.60 Å². The fraction of sp³-hybridized carbons (Fsp3) is 0.355. The highest BCUT2D eigenvalue weighted by atomic mass is 16.6. The smallest absolute Gasteiger partial charge is 0.410 e. The van der Waals surface area contributed by atoms with Crippen molar-refractivity contribution in [2.24, 2.45) is 0 Å². The van der Waals surface area contributed by atoms with Crippen molar-refractivity contribution in [3.8, 4) is 5.75 Å². The predicted molar refractivity (Wildman–Crippen MR) is 151 cm³/mol. The number of pyridine rings is 1. The van der Waals surface area contributed by atoms with Crippen LogP contribution < -0.4 is 15.0 Å². The molecule has 208 valence electrons. The van der Waals surface area contributed by atoms with Crippen LogP contribution in [0.1, 0.15) is 55.1 Å². The van der Waals surface area contributed by atoms with Gasteiger partial charge in [0.1, 0.15) is 17.5 Å². The van der Waals surface area contributed by atoms with Gasteiger partial charge in [0.15, 0.2) is 0 Å². The lowest BCUT2D eigenvalue weighted by atomic mass is 10.1. The summed E-state index contributed by atoms with van der Waals surface area (Å²) in [6, 6.07) is 16.6. The number of hydrogen-bond acceptors (Lipinski definition) is 6. The quantitative estimate of drug-likeness (QED) is 0.459. The summed E-state index contributed by atoms with van der Waals surface area (Å²) in [7, 11) is 0. The number of amides is 3. The summed E-state index contributed by atoms with van der Waals surface area (Å²) in [5.74, 6) is 0.290. The predicted octanol–water partition coefficient (Wildman–Crippen LogP) is 5.20. The second kappa shape index (κ2) is 11.4. The fourth-order valence-electron chi connectivity index (χ4n) is 4.96. The molecular weight excluding hydrogens is 508 g/mol. The average Bonchev–Trinajstić information content (AvgIpc) is 3.26. The van der Waals surface area contributed by atoms with Crippen molar-refractivity contribution in [3.05, 3.63) is 83.7 Å². The van der Waals surface area contributed by atoms with Gasteiger partial charge in [-0.25, -0.2) is 4.79 Å². The van der Waals surface area contributed by atoms with Gasteiger partial charge < -0.3 is 24.6 Å². The van der Waals surface area contributed by atoms with Crippen molar-refractivity contribution in [1.82, 2.24) is 9.88 Å². The van der Waals surface area contributed by atoms with Crippen LogP contribution in [0.4, 0.5) is 16.2 Å². The molecule has 0 saturated carbocycles. The highest BCUT2D eigenvalue weighted by molar-refractivity contribution is 6.15. The van der Waals surface area contributed by atoms with Gasteiger partial charge in [0.25, 0.3) is 5.91 Å². The summed E-state index contributed by atoms with van der Waals surface area (Å²) >= 11 is 0. The van der Waals surface area contributed by atoms with E-state index in [1.165, 1.54) is 0 Å². The van der Waals surface area contributed by atoms with E-state index in [0.29, 0.717) is 49.5 Å². The molecule has 3 aromatic rings. The fourth-order valence-corrected chi connectivity index (χ4v) is 4.96. The number of nitrogens with one attached hydrogen (secondary N) is 1. The van der Waals surface area contributed by atoms with Crippen LogP contribution in [0.25, 0.3) is 0 Å². The van der Waals surface area contributed by atoms with Crippen LogP contribution in [-0.4, -0.2) is 52.6 Å². The van der Waals surface area contributed by atoms with Crippen LogP contribution in [0.3, 0.4) is 0 Å². The van der Waals surface area contributed by atoms with Gasteiger partial charge in [0.2, 0.25) is 5.91 Å². The van der Waals surface area contributed by atoms with E-state index in [4.69, 9.17) is 9.47 Å². The number of anilines is 2. The SMILES string of the molecule is CC(C)(C)OC(=O)N1CCC(Oc2cccc(N3Cc4cccc(NC(=O)Cc5cccnc5)c4C3=O)c2)CC1. The van der Waals surface area contributed by atoms with Crippen LogP contribution in [0.2, 0.25) is 0 Å². The van der Waals surface area contributed by atoms with E-state index in [-0.39, 0.29) is 30.4 Å². The Morgan fingerprint density at radius 2 is 1.82 bits per heavy atom. The number of ether oxygens (including phenoxy) is 2. The summed E-state index contributed by atoms with van der Waals surface area (Å²) in [6.45, 7) is 7.11. The highest BCUT2D eigenvalue weighted by Crippen LogP contribution is 2.34. The number of carbonyl (C=O) groups excluding carboxylic acids is 3. The van der Waals surface area contributed by atoms with Crippen LogP contribution in [0.5, 0.6) is 5.75 Å². The Labute approximate surface area is 234 Å². The van der Waals surface area contributed by atoms with Crippen molar-refractivity contribution < 1.29 is 23.9 Å². The normalized spacial score (nSPS) is 15.5. The van der Waals surface area contributed by atoms with E-state index in [2.05, 4.69) is 10.3 Å².